The van der Waals surface area contributed by atoms with Crippen molar-refractivity contribution in [2.75, 3.05) is 7.11 Å². The van der Waals surface area contributed by atoms with Gasteiger partial charge in [0.1, 0.15) is 0 Å². The van der Waals surface area contributed by atoms with Crippen LogP contribution >= 0.6 is 0 Å². The number of ether oxygens (including phenoxy) is 1. The van der Waals surface area contributed by atoms with Crippen molar-refractivity contribution in [2.45, 2.75) is 70.8 Å². The number of amides is 1. The Hall–Kier alpha value is -1.80. The van der Waals surface area contributed by atoms with Gasteiger partial charge in [0.25, 0.3) is 0 Å². The average molecular weight is 437 g/mol. The van der Waals surface area contributed by atoms with Crippen LogP contribution in [0.3, 0.4) is 0 Å². The van der Waals surface area contributed by atoms with Crippen LogP contribution < -0.4 is 19.4 Å². The van der Waals surface area contributed by atoms with Crippen molar-refractivity contribution >= 4 is 16.2 Å². The fraction of sp³-hybridized carbons (Fsp3) is 0.682. The molecule has 5 atom stereocenters. The number of carbonyl (C=O) groups excluding carboxylic acids is 1. The molecule has 0 radical (unpaired) electrons. The third-order valence-corrected chi connectivity index (χ3v) is 8.12. The van der Waals surface area contributed by atoms with Gasteiger partial charge in [0.15, 0.2) is 11.5 Å². The van der Waals surface area contributed by atoms with Crippen molar-refractivity contribution in [1.82, 2.24) is 5.32 Å². The summed E-state index contributed by atoms with van der Waals surface area (Å²) in [7, 11) is -2.70. The standard InChI is InChI=1S/C22H32N2O5S/c1-13(25)24-19-10-16-14(7-9-22(2)8-5-4-6-18(16)22)15-11-20(28-3)21(12-17(15)19)29-30(23,26)27/h11-12,14,16,18-19H,4-10H2,1-3H3,(H,24,25)(H2,23,26,27)/t14-,16-,18+,19+,22+/m1/s1. The Morgan fingerprint density at radius 2 is 1.90 bits per heavy atom. The number of rotatable bonds is 4. The molecular weight excluding hydrogens is 404 g/mol. The molecule has 0 saturated heterocycles. The van der Waals surface area contributed by atoms with Crippen molar-refractivity contribution in [1.29, 1.82) is 0 Å². The molecule has 8 heteroatoms. The van der Waals surface area contributed by atoms with Gasteiger partial charge in [-0.2, -0.15) is 13.6 Å². The molecule has 0 aromatic heterocycles. The number of carbonyl (C=O) groups is 1. The van der Waals surface area contributed by atoms with Gasteiger partial charge in [0.05, 0.1) is 13.2 Å². The van der Waals surface area contributed by atoms with E-state index in [0.717, 1.165) is 24.0 Å². The minimum atomic E-state index is -4.19. The second-order valence-corrected chi connectivity index (χ2v) is 10.7. The SMILES string of the molecule is COc1cc2c(cc1OS(N)(=O)=O)[C@@H](NC(C)=O)C[C@@H]1[C@@H]2CC[C@]2(C)CCCC[C@@H]12. The maximum Gasteiger partial charge on any atom is 0.380 e. The summed E-state index contributed by atoms with van der Waals surface area (Å²) < 4.78 is 33.5. The molecule has 7 nitrogen and oxygen atoms in total. The Morgan fingerprint density at radius 3 is 2.57 bits per heavy atom. The second-order valence-electron chi connectivity index (χ2n) is 9.51. The van der Waals surface area contributed by atoms with Crippen LogP contribution in [0.25, 0.3) is 0 Å². The van der Waals surface area contributed by atoms with Crippen LogP contribution in [0.2, 0.25) is 0 Å². The fourth-order valence-electron chi connectivity index (χ4n) is 6.51. The number of benzene rings is 1. The average Bonchev–Trinajstić information content (AvgIpc) is 2.65. The van der Waals surface area contributed by atoms with E-state index in [0.29, 0.717) is 28.9 Å². The zero-order valence-corrected chi connectivity index (χ0v) is 18.8. The van der Waals surface area contributed by atoms with E-state index >= 15 is 0 Å². The van der Waals surface area contributed by atoms with E-state index < -0.39 is 10.3 Å². The monoisotopic (exact) mass is 436 g/mol. The molecule has 2 fully saturated rings. The lowest BCUT2D eigenvalue weighted by Gasteiger charge is -2.55. The van der Waals surface area contributed by atoms with Gasteiger partial charge >= 0.3 is 10.3 Å². The van der Waals surface area contributed by atoms with Crippen molar-refractivity contribution in [2.24, 2.45) is 22.4 Å². The largest absolute Gasteiger partial charge is 0.493 e. The first-order valence-electron chi connectivity index (χ1n) is 10.8. The summed E-state index contributed by atoms with van der Waals surface area (Å²) in [5, 5.41) is 8.19. The zero-order valence-electron chi connectivity index (χ0n) is 17.9. The van der Waals surface area contributed by atoms with Crippen LogP contribution in [0.1, 0.15) is 81.9 Å². The molecule has 0 unspecified atom stereocenters. The first-order valence-corrected chi connectivity index (χ1v) is 12.3. The summed E-state index contributed by atoms with van der Waals surface area (Å²) in [4.78, 5) is 12.0. The van der Waals surface area contributed by atoms with Crippen molar-refractivity contribution in [3.8, 4) is 11.5 Å². The minimum absolute atomic E-state index is 0.0610. The molecule has 3 aliphatic rings. The Balaban J connectivity index is 1.80. The topological polar surface area (TPSA) is 108 Å². The Kier molecular flexibility index (Phi) is 5.51. The maximum absolute atomic E-state index is 12.0. The van der Waals surface area contributed by atoms with Crippen LogP contribution in [0.5, 0.6) is 11.5 Å². The van der Waals surface area contributed by atoms with Crippen LogP contribution in [0.15, 0.2) is 12.1 Å². The first-order chi connectivity index (χ1) is 14.1. The zero-order chi connectivity index (χ0) is 21.7. The summed E-state index contributed by atoms with van der Waals surface area (Å²) >= 11 is 0. The maximum atomic E-state index is 12.0. The number of fused-ring (bicyclic) bond motifs is 5. The lowest BCUT2D eigenvalue weighted by atomic mass is 9.50. The summed E-state index contributed by atoms with van der Waals surface area (Å²) in [5.74, 6) is 1.81. The summed E-state index contributed by atoms with van der Waals surface area (Å²) in [6.45, 7) is 3.96. The molecule has 30 heavy (non-hydrogen) atoms. The van der Waals surface area contributed by atoms with E-state index in [2.05, 4.69) is 12.2 Å². The van der Waals surface area contributed by atoms with E-state index in [1.165, 1.54) is 46.1 Å². The number of methoxy groups -OCH3 is 1. The van der Waals surface area contributed by atoms with Gasteiger partial charge in [-0.05, 0) is 78.5 Å². The third-order valence-electron chi connectivity index (χ3n) is 7.70. The lowest BCUT2D eigenvalue weighted by Crippen LogP contribution is -2.46. The van der Waals surface area contributed by atoms with Crippen LogP contribution in [0, 0.1) is 17.3 Å². The summed E-state index contributed by atoms with van der Waals surface area (Å²) in [6.07, 6.45) is 8.24. The van der Waals surface area contributed by atoms with E-state index in [9.17, 15) is 13.2 Å². The van der Waals surface area contributed by atoms with E-state index in [1.54, 1.807) is 6.07 Å². The smallest absolute Gasteiger partial charge is 0.380 e. The molecule has 1 aromatic carbocycles. The first kappa shape index (κ1) is 21.4. The Morgan fingerprint density at radius 1 is 1.17 bits per heavy atom. The highest BCUT2D eigenvalue weighted by molar-refractivity contribution is 7.84. The van der Waals surface area contributed by atoms with E-state index in [4.69, 9.17) is 14.1 Å². The highest BCUT2D eigenvalue weighted by Gasteiger charge is 2.50. The third kappa shape index (κ3) is 3.91. The molecule has 166 valence electrons. The molecule has 1 aromatic rings. The fourth-order valence-corrected chi connectivity index (χ4v) is 6.89. The number of nitrogens with one attached hydrogen (secondary N) is 1. The van der Waals surface area contributed by atoms with E-state index in [1.807, 2.05) is 6.07 Å². The molecule has 2 saturated carbocycles. The van der Waals surface area contributed by atoms with Gasteiger partial charge in [0, 0.05) is 6.92 Å². The van der Waals surface area contributed by atoms with Crippen molar-refractivity contribution < 1.29 is 22.1 Å². The van der Waals surface area contributed by atoms with Crippen molar-refractivity contribution in [3.05, 3.63) is 23.3 Å². The quantitative estimate of drug-likeness (QED) is 0.750. The van der Waals surface area contributed by atoms with Crippen LogP contribution in [-0.4, -0.2) is 21.4 Å². The molecule has 0 heterocycles. The highest BCUT2D eigenvalue weighted by atomic mass is 32.2. The minimum Gasteiger partial charge on any atom is -0.493 e. The van der Waals surface area contributed by atoms with Crippen molar-refractivity contribution in [3.63, 3.8) is 0 Å². The molecule has 0 spiro atoms. The molecule has 1 amide bonds. The Bertz CT molecular complexity index is 947. The van der Waals surface area contributed by atoms with Gasteiger partial charge < -0.3 is 14.2 Å². The summed E-state index contributed by atoms with van der Waals surface area (Å²) in [6, 6.07) is 3.40. The van der Waals surface area contributed by atoms with Gasteiger partial charge in [-0.3, -0.25) is 4.79 Å². The molecule has 0 aliphatic heterocycles. The van der Waals surface area contributed by atoms with Crippen LogP contribution in [-0.2, 0) is 15.1 Å². The molecule has 3 aliphatic carbocycles. The van der Waals surface area contributed by atoms with Crippen LogP contribution in [0.4, 0.5) is 0 Å². The van der Waals surface area contributed by atoms with Gasteiger partial charge in [-0.1, -0.05) is 19.8 Å². The molecule has 4 rings (SSSR count). The molecule has 3 N–H and O–H groups in total. The number of hydrogen-bond donors (Lipinski definition) is 2. The van der Waals surface area contributed by atoms with Gasteiger partial charge in [0.2, 0.25) is 5.91 Å². The predicted molar refractivity (Wildman–Crippen MR) is 113 cm³/mol. The normalized spacial score (nSPS) is 32.9. The molecular formula is C22H32N2O5S. The summed E-state index contributed by atoms with van der Waals surface area (Å²) in [5.41, 5.74) is 2.42. The lowest BCUT2D eigenvalue weighted by molar-refractivity contribution is -0.120. The number of nitrogens with two attached hydrogens (primary N) is 1. The highest BCUT2D eigenvalue weighted by Crippen LogP contribution is 2.61. The van der Waals surface area contributed by atoms with Gasteiger partial charge in [-0.25, -0.2) is 0 Å². The van der Waals surface area contributed by atoms with Gasteiger partial charge in [-0.15, -0.1) is 0 Å². The van der Waals surface area contributed by atoms with E-state index in [-0.39, 0.29) is 17.7 Å². The Labute approximate surface area is 179 Å². The molecule has 0 bridgehead atoms. The number of hydrogen-bond acceptors (Lipinski definition) is 5. The second kappa shape index (κ2) is 7.71. The predicted octanol–water partition coefficient (Wildman–Crippen LogP) is 3.55.